The Morgan fingerprint density at radius 1 is 1.60 bits per heavy atom. The van der Waals surface area contributed by atoms with E-state index in [1.807, 2.05) is 6.07 Å². The lowest BCUT2D eigenvalue weighted by molar-refractivity contribution is -0.136. The van der Waals surface area contributed by atoms with Crippen molar-refractivity contribution in [2.75, 3.05) is 0 Å². The Morgan fingerprint density at radius 2 is 2.27 bits per heavy atom. The fourth-order valence-electron chi connectivity index (χ4n) is 1.17. The van der Waals surface area contributed by atoms with Crippen molar-refractivity contribution in [1.29, 1.82) is 0 Å². The van der Waals surface area contributed by atoms with Gasteiger partial charge in [0.25, 0.3) is 0 Å². The molecule has 82 valence electrons. The van der Waals surface area contributed by atoms with Gasteiger partial charge >= 0.3 is 5.97 Å². The van der Waals surface area contributed by atoms with Gasteiger partial charge in [-0.2, -0.15) is 0 Å². The smallest absolute Gasteiger partial charge is 0.319 e. The van der Waals surface area contributed by atoms with Gasteiger partial charge in [0, 0.05) is 9.37 Å². The number of aliphatic carboxylic acids is 1. The molecule has 5 heteroatoms. The first-order chi connectivity index (χ1) is 7.06. The molecule has 0 aliphatic rings. The molecule has 0 heterocycles. The molecule has 0 aliphatic heterocycles. The van der Waals surface area contributed by atoms with Crippen molar-refractivity contribution >= 4 is 32.7 Å². The molecule has 0 saturated heterocycles. The van der Waals surface area contributed by atoms with Crippen molar-refractivity contribution in [2.24, 2.45) is 0 Å². The Morgan fingerprint density at radius 3 is 2.73 bits per heavy atom. The summed E-state index contributed by atoms with van der Waals surface area (Å²) in [5.74, 6) is -1.02. The average Bonchev–Trinajstić information content (AvgIpc) is 2.18. The highest BCUT2D eigenvalue weighted by Crippen LogP contribution is 2.18. The average molecular weight is 291 g/mol. The van der Waals surface area contributed by atoms with E-state index in [9.17, 15) is 9.00 Å². The number of rotatable bonds is 4. The molecular formula is C10H11BrO3S. The van der Waals surface area contributed by atoms with Crippen LogP contribution < -0.4 is 0 Å². The first-order valence-electron chi connectivity index (χ1n) is 4.45. The Bertz CT molecular complexity index is 392. The minimum atomic E-state index is -1.49. The predicted molar refractivity (Wildman–Crippen MR) is 62.3 cm³/mol. The lowest BCUT2D eigenvalue weighted by Crippen LogP contribution is -2.24. The van der Waals surface area contributed by atoms with E-state index in [1.54, 1.807) is 25.1 Å². The number of carboxylic acids is 1. The third kappa shape index (κ3) is 3.14. The number of hydrogen-bond acceptors (Lipinski definition) is 2. The van der Waals surface area contributed by atoms with Crippen LogP contribution in [0.25, 0.3) is 0 Å². The first-order valence-corrected chi connectivity index (χ1v) is 6.45. The van der Waals surface area contributed by atoms with Gasteiger partial charge in [0.1, 0.15) is 5.25 Å². The maximum Gasteiger partial charge on any atom is 0.319 e. The van der Waals surface area contributed by atoms with Crippen molar-refractivity contribution in [3.63, 3.8) is 0 Å². The van der Waals surface area contributed by atoms with Gasteiger partial charge in [0.2, 0.25) is 0 Å². The Balaban J connectivity index is 2.98. The van der Waals surface area contributed by atoms with Crippen LogP contribution in [-0.2, 0) is 15.6 Å². The number of hydrogen-bond donors (Lipinski definition) is 1. The van der Waals surface area contributed by atoms with Crippen molar-refractivity contribution in [1.82, 2.24) is 0 Å². The van der Waals surface area contributed by atoms with E-state index in [-0.39, 0.29) is 0 Å². The molecule has 0 bridgehead atoms. The molecule has 1 N–H and O–H groups in total. The lowest BCUT2D eigenvalue weighted by atomic mass is 10.3. The van der Waals surface area contributed by atoms with Gasteiger partial charge in [-0.25, -0.2) is 0 Å². The quantitative estimate of drug-likeness (QED) is 0.927. The second-order valence-electron chi connectivity index (χ2n) is 2.99. The lowest BCUT2D eigenvalue weighted by Gasteiger charge is -2.09. The molecule has 0 radical (unpaired) electrons. The second kappa shape index (κ2) is 5.42. The van der Waals surface area contributed by atoms with Crippen molar-refractivity contribution in [3.8, 4) is 0 Å². The molecule has 15 heavy (non-hydrogen) atoms. The molecule has 2 unspecified atom stereocenters. The van der Waals surface area contributed by atoms with E-state index in [2.05, 4.69) is 15.9 Å². The van der Waals surface area contributed by atoms with Gasteiger partial charge in [-0.3, -0.25) is 9.00 Å². The van der Waals surface area contributed by atoms with Gasteiger partial charge in [-0.15, -0.1) is 0 Å². The summed E-state index contributed by atoms with van der Waals surface area (Å²) in [7, 11) is -1.49. The van der Waals surface area contributed by atoms with Crippen LogP contribution in [0, 0.1) is 0 Å². The van der Waals surface area contributed by atoms with E-state index in [1.165, 1.54) is 0 Å². The zero-order chi connectivity index (χ0) is 11.4. The Hall–Kier alpha value is -0.680. The summed E-state index contributed by atoms with van der Waals surface area (Å²) in [6, 6.07) is 6.91. The maximum atomic E-state index is 11.9. The topological polar surface area (TPSA) is 54.4 Å². The molecule has 0 amide bonds. The zero-order valence-corrected chi connectivity index (χ0v) is 10.5. The summed E-state index contributed by atoms with van der Waals surface area (Å²) in [6.07, 6.45) is 0.356. The highest BCUT2D eigenvalue weighted by atomic mass is 79.9. The third-order valence-electron chi connectivity index (χ3n) is 1.93. The molecule has 1 aromatic carbocycles. The van der Waals surface area contributed by atoms with E-state index >= 15 is 0 Å². The number of benzene rings is 1. The van der Waals surface area contributed by atoms with Crippen molar-refractivity contribution < 1.29 is 14.1 Å². The molecule has 0 fully saturated rings. The highest BCUT2D eigenvalue weighted by molar-refractivity contribution is 9.10. The molecule has 1 rings (SSSR count). The summed E-state index contributed by atoms with van der Waals surface area (Å²) in [4.78, 5) is 11.4. The molecule has 0 aromatic heterocycles. The van der Waals surface area contributed by atoms with Gasteiger partial charge in [0.15, 0.2) is 0 Å². The standard InChI is InChI=1S/C10H11BrO3S/c1-2-9(10(12)13)15(14)8-5-3-4-7(11)6-8/h3-6,9H,2H2,1H3,(H,12,13). The van der Waals surface area contributed by atoms with E-state index in [0.717, 1.165) is 4.47 Å². The summed E-state index contributed by atoms with van der Waals surface area (Å²) in [6.45, 7) is 1.72. The predicted octanol–water partition coefficient (Wildman–Crippen LogP) is 2.42. The highest BCUT2D eigenvalue weighted by Gasteiger charge is 2.23. The number of carbonyl (C=O) groups is 1. The largest absolute Gasteiger partial charge is 0.480 e. The normalized spacial score (nSPS) is 14.5. The molecule has 2 atom stereocenters. The van der Waals surface area contributed by atoms with Gasteiger partial charge in [0.05, 0.1) is 10.8 Å². The fourth-order valence-corrected chi connectivity index (χ4v) is 2.99. The SMILES string of the molecule is CCC(C(=O)O)S(=O)c1cccc(Br)c1. The summed E-state index contributed by atoms with van der Waals surface area (Å²) in [5.41, 5.74) is 0. The number of carboxylic acid groups (broad SMARTS) is 1. The van der Waals surface area contributed by atoms with Crippen LogP contribution in [0.15, 0.2) is 33.6 Å². The first kappa shape index (κ1) is 12.4. The third-order valence-corrected chi connectivity index (χ3v) is 4.20. The Labute approximate surface area is 99.1 Å². The minimum Gasteiger partial charge on any atom is -0.480 e. The summed E-state index contributed by atoms with van der Waals surface area (Å²) >= 11 is 3.26. The summed E-state index contributed by atoms with van der Waals surface area (Å²) < 4.78 is 12.7. The van der Waals surface area contributed by atoms with Crippen LogP contribution in [0.2, 0.25) is 0 Å². The van der Waals surface area contributed by atoms with Crippen LogP contribution in [0.5, 0.6) is 0 Å². The van der Waals surface area contributed by atoms with Crippen LogP contribution in [0.1, 0.15) is 13.3 Å². The zero-order valence-electron chi connectivity index (χ0n) is 8.14. The molecule has 1 aromatic rings. The molecule has 0 aliphatic carbocycles. The van der Waals surface area contributed by atoms with E-state index in [0.29, 0.717) is 11.3 Å². The van der Waals surface area contributed by atoms with E-state index in [4.69, 9.17) is 5.11 Å². The minimum absolute atomic E-state index is 0.356. The molecule has 3 nitrogen and oxygen atoms in total. The molecular weight excluding hydrogens is 280 g/mol. The monoisotopic (exact) mass is 290 g/mol. The summed E-state index contributed by atoms with van der Waals surface area (Å²) in [5, 5.41) is 8.04. The van der Waals surface area contributed by atoms with Crippen LogP contribution in [-0.4, -0.2) is 20.5 Å². The fraction of sp³-hybridized carbons (Fsp3) is 0.300. The molecule has 0 saturated carbocycles. The van der Waals surface area contributed by atoms with Crippen LogP contribution >= 0.6 is 15.9 Å². The van der Waals surface area contributed by atoms with Crippen molar-refractivity contribution in [2.45, 2.75) is 23.5 Å². The van der Waals surface area contributed by atoms with Crippen LogP contribution in [0.4, 0.5) is 0 Å². The molecule has 0 spiro atoms. The number of halogens is 1. The van der Waals surface area contributed by atoms with Crippen molar-refractivity contribution in [3.05, 3.63) is 28.7 Å². The van der Waals surface area contributed by atoms with Gasteiger partial charge in [-0.1, -0.05) is 28.9 Å². The second-order valence-corrected chi connectivity index (χ2v) is 5.54. The van der Waals surface area contributed by atoms with Gasteiger partial charge in [-0.05, 0) is 24.6 Å². The van der Waals surface area contributed by atoms with Crippen LogP contribution in [0.3, 0.4) is 0 Å². The van der Waals surface area contributed by atoms with E-state index < -0.39 is 22.0 Å². The van der Waals surface area contributed by atoms with Gasteiger partial charge < -0.3 is 5.11 Å². The maximum absolute atomic E-state index is 11.9. The Kier molecular flexibility index (Phi) is 4.47.